The van der Waals surface area contributed by atoms with Crippen molar-refractivity contribution in [2.75, 3.05) is 44.8 Å². The standard InChI is InChI=1S/C14H26N2O2S/c1-15-8-12-5-6-16(9-12)14(17)11-19-10-13-4-2-3-7-18-13/h12-13,15H,2-11H2,1H3. The molecule has 0 aromatic heterocycles. The molecule has 19 heavy (non-hydrogen) atoms. The maximum atomic E-state index is 12.1. The van der Waals surface area contributed by atoms with Gasteiger partial charge in [0, 0.05) is 25.4 Å². The third kappa shape index (κ3) is 4.97. The second kappa shape index (κ2) is 8.12. The van der Waals surface area contributed by atoms with E-state index in [2.05, 4.69) is 5.32 Å². The van der Waals surface area contributed by atoms with Gasteiger partial charge in [0.25, 0.3) is 0 Å². The van der Waals surface area contributed by atoms with Crippen molar-refractivity contribution < 1.29 is 9.53 Å². The molecule has 4 nitrogen and oxygen atoms in total. The predicted octanol–water partition coefficient (Wildman–Crippen LogP) is 1.36. The summed E-state index contributed by atoms with van der Waals surface area (Å²) in [5.41, 5.74) is 0. The van der Waals surface area contributed by atoms with Crippen molar-refractivity contribution in [2.24, 2.45) is 5.92 Å². The molecule has 0 bridgehead atoms. The Balaban J connectivity index is 1.59. The van der Waals surface area contributed by atoms with Gasteiger partial charge in [0.05, 0.1) is 11.9 Å². The normalized spacial score (nSPS) is 27.7. The van der Waals surface area contributed by atoms with Gasteiger partial charge in [-0.15, -0.1) is 11.8 Å². The highest BCUT2D eigenvalue weighted by Crippen LogP contribution is 2.19. The Morgan fingerprint density at radius 2 is 2.32 bits per heavy atom. The first kappa shape index (κ1) is 15.1. The minimum atomic E-state index is 0.305. The van der Waals surface area contributed by atoms with E-state index >= 15 is 0 Å². The Bertz CT molecular complexity index is 283. The van der Waals surface area contributed by atoms with Gasteiger partial charge in [-0.2, -0.15) is 0 Å². The van der Waals surface area contributed by atoms with Crippen LogP contribution < -0.4 is 5.32 Å². The zero-order valence-electron chi connectivity index (χ0n) is 11.9. The number of nitrogens with one attached hydrogen (secondary N) is 1. The number of rotatable bonds is 6. The molecule has 2 heterocycles. The summed E-state index contributed by atoms with van der Waals surface area (Å²) in [5.74, 6) is 2.53. The summed E-state index contributed by atoms with van der Waals surface area (Å²) < 4.78 is 5.68. The predicted molar refractivity (Wildman–Crippen MR) is 79.5 cm³/mol. The summed E-state index contributed by atoms with van der Waals surface area (Å²) in [5, 5.41) is 3.20. The van der Waals surface area contributed by atoms with E-state index in [-0.39, 0.29) is 0 Å². The molecular weight excluding hydrogens is 260 g/mol. The van der Waals surface area contributed by atoms with Crippen LogP contribution in [0.3, 0.4) is 0 Å². The fourth-order valence-corrected chi connectivity index (χ4v) is 3.82. The van der Waals surface area contributed by atoms with Crippen LogP contribution in [0.5, 0.6) is 0 Å². The van der Waals surface area contributed by atoms with Gasteiger partial charge in [-0.1, -0.05) is 0 Å². The SMILES string of the molecule is CNCC1CCN(C(=O)CSCC2CCCCO2)C1. The fourth-order valence-electron chi connectivity index (χ4n) is 2.82. The maximum absolute atomic E-state index is 12.1. The molecule has 0 aromatic carbocycles. The Hall–Kier alpha value is -0.260. The van der Waals surface area contributed by atoms with E-state index in [0.29, 0.717) is 23.7 Å². The van der Waals surface area contributed by atoms with Crippen molar-refractivity contribution in [1.82, 2.24) is 10.2 Å². The third-order valence-electron chi connectivity index (χ3n) is 3.93. The Morgan fingerprint density at radius 1 is 1.42 bits per heavy atom. The van der Waals surface area contributed by atoms with Gasteiger partial charge in [-0.25, -0.2) is 0 Å². The van der Waals surface area contributed by atoms with Crippen molar-refractivity contribution in [3.63, 3.8) is 0 Å². The summed E-state index contributed by atoms with van der Waals surface area (Å²) >= 11 is 1.74. The smallest absolute Gasteiger partial charge is 0.232 e. The number of hydrogen-bond donors (Lipinski definition) is 1. The number of ether oxygens (including phenoxy) is 1. The first-order valence-corrected chi connectivity index (χ1v) is 8.56. The summed E-state index contributed by atoms with van der Waals surface area (Å²) in [6.07, 6.45) is 5.15. The Labute approximate surface area is 120 Å². The van der Waals surface area contributed by atoms with Gasteiger partial charge in [0.1, 0.15) is 0 Å². The van der Waals surface area contributed by atoms with Gasteiger partial charge < -0.3 is 15.0 Å². The number of carbonyl (C=O) groups excluding carboxylic acids is 1. The van der Waals surface area contributed by atoms with Crippen LogP contribution in [0.4, 0.5) is 0 Å². The quantitative estimate of drug-likeness (QED) is 0.800. The van der Waals surface area contributed by atoms with E-state index in [1.54, 1.807) is 11.8 Å². The fraction of sp³-hybridized carbons (Fsp3) is 0.929. The number of hydrogen-bond acceptors (Lipinski definition) is 4. The molecule has 1 amide bonds. The van der Waals surface area contributed by atoms with Crippen LogP contribution in [0.2, 0.25) is 0 Å². The zero-order chi connectivity index (χ0) is 13.5. The number of amides is 1. The van der Waals surface area contributed by atoms with Crippen LogP contribution in [0, 0.1) is 5.92 Å². The summed E-state index contributed by atoms with van der Waals surface area (Å²) in [4.78, 5) is 14.1. The van der Waals surface area contributed by atoms with Crippen molar-refractivity contribution in [2.45, 2.75) is 31.8 Å². The average Bonchev–Trinajstić information content (AvgIpc) is 2.89. The lowest BCUT2D eigenvalue weighted by Gasteiger charge is -2.22. The molecule has 110 valence electrons. The number of nitrogens with zero attached hydrogens (tertiary/aromatic N) is 1. The van der Waals surface area contributed by atoms with Gasteiger partial charge in [-0.3, -0.25) is 4.79 Å². The molecule has 0 aliphatic carbocycles. The minimum absolute atomic E-state index is 0.305. The molecule has 2 fully saturated rings. The Kier molecular flexibility index (Phi) is 6.47. The van der Waals surface area contributed by atoms with E-state index in [1.165, 1.54) is 12.8 Å². The largest absolute Gasteiger partial charge is 0.377 e. The first-order valence-electron chi connectivity index (χ1n) is 7.41. The first-order chi connectivity index (χ1) is 9.29. The number of carbonyl (C=O) groups is 1. The van der Waals surface area contributed by atoms with Crippen molar-refractivity contribution in [3.8, 4) is 0 Å². The van der Waals surface area contributed by atoms with Crippen LogP contribution in [0.25, 0.3) is 0 Å². The van der Waals surface area contributed by atoms with Crippen LogP contribution >= 0.6 is 11.8 Å². The van der Waals surface area contributed by atoms with Gasteiger partial charge in [0.2, 0.25) is 5.91 Å². The van der Waals surface area contributed by atoms with Crippen molar-refractivity contribution in [3.05, 3.63) is 0 Å². The highest BCUT2D eigenvalue weighted by molar-refractivity contribution is 7.99. The highest BCUT2D eigenvalue weighted by Gasteiger charge is 2.25. The lowest BCUT2D eigenvalue weighted by molar-refractivity contribution is -0.127. The second-order valence-corrected chi connectivity index (χ2v) is 6.59. The molecular formula is C14H26N2O2S. The average molecular weight is 286 g/mol. The molecule has 2 aliphatic heterocycles. The van der Waals surface area contributed by atoms with E-state index in [1.807, 2.05) is 11.9 Å². The minimum Gasteiger partial charge on any atom is -0.377 e. The molecule has 5 heteroatoms. The van der Waals surface area contributed by atoms with E-state index < -0.39 is 0 Å². The summed E-state index contributed by atoms with van der Waals surface area (Å²) in [6, 6.07) is 0. The van der Waals surface area contributed by atoms with E-state index in [0.717, 1.165) is 44.8 Å². The van der Waals surface area contributed by atoms with Crippen LogP contribution in [-0.4, -0.2) is 61.7 Å². The lowest BCUT2D eigenvalue weighted by Crippen LogP contribution is -2.32. The van der Waals surface area contributed by atoms with Gasteiger partial charge in [0.15, 0.2) is 0 Å². The third-order valence-corrected chi connectivity index (χ3v) is 4.99. The summed E-state index contributed by atoms with van der Waals surface area (Å²) in [7, 11) is 1.98. The molecule has 0 aromatic rings. The molecule has 2 atom stereocenters. The molecule has 2 saturated heterocycles. The second-order valence-electron chi connectivity index (χ2n) is 5.56. The monoisotopic (exact) mass is 286 g/mol. The molecule has 0 radical (unpaired) electrons. The van der Waals surface area contributed by atoms with Gasteiger partial charge >= 0.3 is 0 Å². The van der Waals surface area contributed by atoms with Gasteiger partial charge in [-0.05, 0) is 45.2 Å². The molecule has 0 spiro atoms. The zero-order valence-corrected chi connectivity index (χ0v) is 12.7. The number of likely N-dealkylation sites (tertiary alicyclic amines) is 1. The topological polar surface area (TPSA) is 41.6 Å². The molecule has 2 unspecified atom stereocenters. The maximum Gasteiger partial charge on any atom is 0.232 e. The molecule has 0 saturated carbocycles. The molecule has 1 N–H and O–H groups in total. The van der Waals surface area contributed by atoms with Crippen molar-refractivity contribution >= 4 is 17.7 Å². The summed E-state index contributed by atoms with van der Waals surface area (Å²) in [6.45, 7) is 3.79. The Morgan fingerprint density at radius 3 is 3.05 bits per heavy atom. The number of thioether (sulfide) groups is 1. The van der Waals surface area contributed by atoms with Crippen LogP contribution in [0.15, 0.2) is 0 Å². The van der Waals surface area contributed by atoms with E-state index in [4.69, 9.17) is 4.74 Å². The van der Waals surface area contributed by atoms with Crippen LogP contribution in [-0.2, 0) is 9.53 Å². The highest BCUT2D eigenvalue weighted by atomic mass is 32.2. The molecule has 2 rings (SSSR count). The molecule has 2 aliphatic rings. The lowest BCUT2D eigenvalue weighted by atomic mass is 10.1. The van der Waals surface area contributed by atoms with E-state index in [9.17, 15) is 4.79 Å². The van der Waals surface area contributed by atoms with Crippen LogP contribution in [0.1, 0.15) is 25.7 Å². The van der Waals surface area contributed by atoms with Crippen molar-refractivity contribution in [1.29, 1.82) is 0 Å².